The first-order valence-corrected chi connectivity index (χ1v) is 9.13. The molecular weight excluding hydrogens is 324 g/mol. The van der Waals surface area contributed by atoms with Gasteiger partial charge in [-0.15, -0.1) is 0 Å². The number of carbonyl (C=O) groups is 2. The highest BCUT2D eigenvalue weighted by molar-refractivity contribution is 6.08. The molecule has 1 aliphatic heterocycles. The van der Waals surface area contributed by atoms with Crippen molar-refractivity contribution in [1.82, 2.24) is 9.88 Å². The highest BCUT2D eigenvalue weighted by atomic mass is 16.1. The molecule has 0 atom stereocenters. The molecule has 3 aromatic rings. The van der Waals surface area contributed by atoms with Crippen molar-refractivity contribution in [2.24, 2.45) is 5.92 Å². The molecule has 4 heteroatoms. The standard InChI is InChI=1S/C22H22N2O2/c25-21(19-14-23-20-9-5-4-8-18(19)20)15-24-12-10-17(11-13-24)22(26)16-6-2-1-3-7-16/h1-9,14,17,23H,10-13,15H2. The molecule has 132 valence electrons. The van der Waals surface area contributed by atoms with Gasteiger partial charge in [-0.3, -0.25) is 14.5 Å². The maximum absolute atomic E-state index is 12.7. The number of para-hydroxylation sites is 1. The minimum absolute atomic E-state index is 0.0665. The number of aromatic amines is 1. The number of ketones is 2. The van der Waals surface area contributed by atoms with Crippen LogP contribution in [-0.4, -0.2) is 41.1 Å². The number of H-pyrrole nitrogens is 1. The zero-order valence-corrected chi connectivity index (χ0v) is 14.7. The second kappa shape index (κ2) is 7.26. The van der Waals surface area contributed by atoms with Gasteiger partial charge in [-0.2, -0.15) is 0 Å². The van der Waals surface area contributed by atoms with Gasteiger partial charge in [-0.25, -0.2) is 0 Å². The summed E-state index contributed by atoms with van der Waals surface area (Å²) < 4.78 is 0. The third-order valence-corrected chi connectivity index (χ3v) is 5.27. The first-order chi connectivity index (χ1) is 12.7. The lowest BCUT2D eigenvalue weighted by Gasteiger charge is -2.30. The van der Waals surface area contributed by atoms with Crippen LogP contribution in [0, 0.1) is 5.92 Å². The zero-order valence-electron chi connectivity index (χ0n) is 14.7. The number of Topliss-reactive ketones (excluding diaryl/α,β-unsaturated/α-hetero) is 2. The topological polar surface area (TPSA) is 53.2 Å². The first kappa shape index (κ1) is 16.7. The molecule has 0 bridgehead atoms. The van der Waals surface area contributed by atoms with Crippen molar-refractivity contribution < 1.29 is 9.59 Å². The fraction of sp³-hybridized carbons (Fsp3) is 0.273. The Morgan fingerprint density at radius 1 is 0.962 bits per heavy atom. The summed E-state index contributed by atoms with van der Waals surface area (Å²) in [5.74, 6) is 0.431. The van der Waals surface area contributed by atoms with E-state index in [0.29, 0.717) is 6.54 Å². The second-order valence-corrected chi connectivity index (χ2v) is 6.95. The van der Waals surface area contributed by atoms with Gasteiger partial charge in [-0.05, 0) is 32.0 Å². The Morgan fingerprint density at radius 2 is 1.65 bits per heavy atom. The van der Waals surface area contributed by atoms with Gasteiger partial charge in [0.2, 0.25) is 0 Å². The molecule has 1 aromatic heterocycles. The number of carbonyl (C=O) groups excluding carboxylic acids is 2. The molecule has 4 rings (SSSR count). The number of rotatable bonds is 5. The van der Waals surface area contributed by atoms with Crippen molar-refractivity contribution in [3.63, 3.8) is 0 Å². The number of hydrogen-bond donors (Lipinski definition) is 1. The van der Waals surface area contributed by atoms with Gasteiger partial charge in [-0.1, -0.05) is 48.5 Å². The molecule has 0 amide bonds. The Kier molecular flexibility index (Phi) is 4.67. The van der Waals surface area contributed by atoms with Gasteiger partial charge in [0.15, 0.2) is 11.6 Å². The SMILES string of the molecule is O=C(CN1CCC(C(=O)c2ccccc2)CC1)c1c[nH]c2ccccc12. The van der Waals surface area contributed by atoms with Crippen molar-refractivity contribution in [1.29, 1.82) is 0 Å². The summed E-state index contributed by atoms with van der Waals surface area (Å²) in [6.45, 7) is 1.99. The van der Waals surface area contributed by atoms with E-state index in [1.165, 1.54) is 0 Å². The summed E-state index contributed by atoms with van der Waals surface area (Å²) in [7, 11) is 0. The Labute approximate surface area is 152 Å². The van der Waals surface area contributed by atoms with Gasteiger partial charge < -0.3 is 4.98 Å². The van der Waals surface area contributed by atoms with E-state index in [4.69, 9.17) is 0 Å². The molecule has 0 spiro atoms. The summed E-state index contributed by atoms with van der Waals surface area (Å²) in [5, 5.41) is 0.978. The van der Waals surface area contributed by atoms with Crippen LogP contribution in [0.25, 0.3) is 10.9 Å². The molecule has 1 N–H and O–H groups in total. The van der Waals surface area contributed by atoms with Crippen LogP contribution in [0.5, 0.6) is 0 Å². The number of likely N-dealkylation sites (tertiary alicyclic amines) is 1. The molecule has 4 nitrogen and oxygen atoms in total. The summed E-state index contributed by atoms with van der Waals surface area (Å²) in [6.07, 6.45) is 3.43. The maximum Gasteiger partial charge on any atom is 0.178 e. The highest BCUT2D eigenvalue weighted by Crippen LogP contribution is 2.23. The molecule has 0 aliphatic carbocycles. The van der Waals surface area contributed by atoms with Crippen molar-refractivity contribution in [2.45, 2.75) is 12.8 Å². The van der Waals surface area contributed by atoms with E-state index in [2.05, 4.69) is 9.88 Å². The third-order valence-electron chi connectivity index (χ3n) is 5.27. The predicted octanol–water partition coefficient (Wildman–Crippen LogP) is 3.95. The molecule has 1 fully saturated rings. The minimum atomic E-state index is 0.0665. The lowest BCUT2D eigenvalue weighted by atomic mass is 9.89. The molecular formula is C22H22N2O2. The highest BCUT2D eigenvalue weighted by Gasteiger charge is 2.27. The average Bonchev–Trinajstić information content (AvgIpc) is 3.13. The zero-order chi connectivity index (χ0) is 17.9. The van der Waals surface area contributed by atoms with Crippen molar-refractivity contribution in [3.8, 4) is 0 Å². The van der Waals surface area contributed by atoms with E-state index in [0.717, 1.165) is 48.0 Å². The molecule has 0 unspecified atom stereocenters. The van der Waals surface area contributed by atoms with Gasteiger partial charge in [0.1, 0.15) is 0 Å². The molecule has 0 radical (unpaired) electrons. The second-order valence-electron chi connectivity index (χ2n) is 6.95. The average molecular weight is 346 g/mol. The van der Waals surface area contributed by atoms with E-state index in [-0.39, 0.29) is 17.5 Å². The van der Waals surface area contributed by atoms with Crippen LogP contribution in [0.1, 0.15) is 33.6 Å². The number of hydrogen-bond acceptors (Lipinski definition) is 3. The number of fused-ring (bicyclic) bond motifs is 1. The van der Waals surface area contributed by atoms with Gasteiger partial charge in [0, 0.05) is 34.1 Å². The van der Waals surface area contributed by atoms with Crippen molar-refractivity contribution in [2.75, 3.05) is 19.6 Å². The minimum Gasteiger partial charge on any atom is -0.360 e. The Hall–Kier alpha value is -2.72. The van der Waals surface area contributed by atoms with Crippen LogP contribution in [0.4, 0.5) is 0 Å². The fourth-order valence-corrected chi connectivity index (χ4v) is 3.78. The third kappa shape index (κ3) is 3.33. The van der Waals surface area contributed by atoms with E-state index < -0.39 is 0 Å². The monoisotopic (exact) mass is 346 g/mol. The number of piperidine rings is 1. The summed E-state index contributed by atoms with van der Waals surface area (Å²) in [5.41, 5.74) is 2.53. The number of aromatic nitrogens is 1. The summed E-state index contributed by atoms with van der Waals surface area (Å²) in [4.78, 5) is 30.6. The fourth-order valence-electron chi connectivity index (χ4n) is 3.78. The molecule has 2 aromatic carbocycles. The summed E-state index contributed by atoms with van der Waals surface area (Å²) >= 11 is 0. The first-order valence-electron chi connectivity index (χ1n) is 9.13. The van der Waals surface area contributed by atoms with Crippen LogP contribution >= 0.6 is 0 Å². The van der Waals surface area contributed by atoms with Crippen LogP contribution < -0.4 is 0 Å². The Morgan fingerprint density at radius 3 is 2.42 bits per heavy atom. The molecule has 2 heterocycles. The normalized spacial score (nSPS) is 16.0. The molecule has 0 saturated carbocycles. The molecule has 1 aliphatic rings. The Balaban J connectivity index is 1.36. The van der Waals surface area contributed by atoms with E-state index in [9.17, 15) is 9.59 Å². The van der Waals surface area contributed by atoms with Crippen LogP contribution in [-0.2, 0) is 0 Å². The van der Waals surface area contributed by atoms with Crippen LogP contribution in [0.2, 0.25) is 0 Å². The maximum atomic E-state index is 12.7. The summed E-state index contributed by atoms with van der Waals surface area (Å²) in [6, 6.07) is 17.4. The van der Waals surface area contributed by atoms with Gasteiger partial charge >= 0.3 is 0 Å². The largest absolute Gasteiger partial charge is 0.360 e. The van der Waals surface area contributed by atoms with E-state index in [1.54, 1.807) is 6.20 Å². The number of nitrogens with zero attached hydrogens (tertiary/aromatic N) is 1. The Bertz CT molecular complexity index is 921. The van der Waals surface area contributed by atoms with Crippen LogP contribution in [0.3, 0.4) is 0 Å². The molecule has 26 heavy (non-hydrogen) atoms. The quantitative estimate of drug-likeness (QED) is 0.712. The lowest BCUT2D eigenvalue weighted by Crippen LogP contribution is -2.39. The lowest BCUT2D eigenvalue weighted by molar-refractivity contribution is 0.0806. The smallest absolute Gasteiger partial charge is 0.178 e. The van der Waals surface area contributed by atoms with E-state index in [1.807, 2.05) is 54.6 Å². The predicted molar refractivity (Wildman–Crippen MR) is 103 cm³/mol. The van der Waals surface area contributed by atoms with Gasteiger partial charge in [0.25, 0.3) is 0 Å². The van der Waals surface area contributed by atoms with Gasteiger partial charge in [0.05, 0.1) is 6.54 Å². The van der Waals surface area contributed by atoms with Crippen molar-refractivity contribution in [3.05, 3.63) is 71.9 Å². The number of benzene rings is 2. The van der Waals surface area contributed by atoms with Crippen molar-refractivity contribution >= 4 is 22.5 Å². The molecule has 1 saturated heterocycles. The number of nitrogens with one attached hydrogen (secondary N) is 1. The van der Waals surface area contributed by atoms with Crippen LogP contribution in [0.15, 0.2) is 60.8 Å². The van der Waals surface area contributed by atoms with E-state index >= 15 is 0 Å².